The highest BCUT2D eigenvalue weighted by Gasteiger charge is 2.51. The molecular formula is C19H16B3NO7S. The SMILES string of the molecule is [B]C([B])(c1ccccc1)S(=O)(=O)OC1=C(N)O[C@@]([B])(c2ccc(OC)cc2OC)C1=O. The number of nitrogens with two attached hydrogens (primary N) is 1. The molecule has 2 aromatic rings. The molecule has 0 saturated heterocycles. The van der Waals surface area contributed by atoms with E-state index in [0.717, 1.165) is 0 Å². The second kappa shape index (κ2) is 7.92. The number of ketones is 1. The molecule has 2 aromatic carbocycles. The zero-order valence-electron chi connectivity index (χ0n) is 16.7. The number of Topliss-reactive ketones (excluding diaryl/α,β-unsaturated/α-hetero) is 1. The van der Waals surface area contributed by atoms with E-state index in [4.69, 9.17) is 47.7 Å². The monoisotopic (exact) mass is 435 g/mol. The highest BCUT2D eigenvalue weighted by molar-refractivity contribution is 7.90. The molecule has 0 unspecified atom stereocenters. The summed E-state index contributed by atoms with van der Waals surface area (Å²) in [5.74, 6) is -2.01. The average Bonchev–Trinajstić information content (AvgIpc) is 2.97. The summed E-state index contributed by atoms with van der Waals surface area (Å²) in [5.41, 5.74) is 3.61. The van der Waals surface area contributed by atoms with Gasteiger partial charge in [-0.1, -0.05) is 30.3 Å². The summed E-state index contributed by atoms with van der Waals surface area (Å²) in [7, 11) is 15.8. The van der Waals surface area contributed by atoms with Crippen molar-refractivity contribution in [1.82, 2.24) is 0 Å². The molecule has 6 radical (unpaired) electrons. The summed E-state index contributed by atoms with van der Waals surface area (Å²) in [6.07, 6.45) is 0. The number of carbonyl (C=O) groups excluding carboxylic acids is 1. The number of ether oxygens (including phenoxy) is 3. The molecule has 1 aliphatic rings. The number of hydrogen-bond donors (Lipinski definition) is 1. The van der Waals surface area contributed by atoms with Crippen molar-refractivity contribution < 1.29 is 31.6 Å². The lowest BCUT2D eigenvalue weighted by molar-refractivity contribution is -0.126. The summed E-state index contributed by atoms with van der Waals surface area (Å²) in [4.78, 5) is 13.1. The summed E-state index contributed by atoms with van der Waals surface area (Å²) in [6, 6.07) is 11.9. The van der Waals surface area contributed by atoms with Crippen LogP contribution in [0.5, 0.6) is 11.5 Å². The van der Waals surface area contributed by atoms with E-state index < -0.39 is 37.6 Å². The first-order valence-corrected chi connectivity index (χ1v) is 10.2. The van der Waals surface area contributed by atoms with E-state index in [9.17, 15) is 13.2 Å². The van der Waals surface area contributed by atoms with Gasteiger partial charge in [0.1, 0.15) is 11.5 Å². The van der Waals surface area contributed by atoms with Gasteiger partial charge in [-0.3, -0.25) is 4.79 Å². The highest BCUT2D eigenvalue weighted by atomic mass is 32.2. The zero-order chi connectivity index (χ0) is 23.0. The molecule has 1 heterocycles. The van der Waals surface area contributed by atoms with Gasteiger partial charge in [0.2, 0.25) is 17.4 Å². The van der Waals surface area contributed by atoms with Gasteiger partial charge >= 0.3 is 10.1 Å². The minimum Gasteiger partial charge on any atom is -0.497 e. The van der Waals surface area contributed by atoms with Gasteiger partial charge in [0.05, 0.1) is 34.5 Å². The number of rotatable bonds is 7. The fraction of sp³-hybridized carbons (Fsp3) is 0.211. The minimum atomic E-state index is -4.81. The number of hydrogen-bond acceptors (Lipinski definition) is 8. The van der Waals surface area contributed by atoms with Gasteiger partial charge in [0.15, 0.2) is 13.3 Å². The van der Waals surface area contributed by atoms with E-state index in [-0.39, 0.29) is 16.9 Å². The van der Waals surface area contributed by atoms with Gasteiger partial charge in [-0.15, -0.1) is 0 Å². The lowest BCUT2D eigenvalue weighted by Gasteiger charge is -2.27. The molecular weight excluding hydrogens is 419 g/mol. The minimum absolute atomic E-state index is 0.0244. The summed E-state index contributed by atoms with van der Waals surface area (Å²) >= 11 is 0. The Morgan fingerprint density at radius 3 is 2.29 bits per heavy atom. The number of benzene rings is 2. The number of methoxy groups -OCH3 is 2. The van der Waals surface area contributed by atoms with Gasteiger partial charge in [-0.05, 0) is 17.7 Å². The van der Waals surface area contributed by atoms with E-state index in [1.54, 1.807) is 6.07 Å². The van der Waals surface area contributed by atoms with E-state index in [1.165, 1.54) is 56.7 Å². The van der Waals surface area contributed by atoms with Crippen LogP contribution in [0.3, 0.4) is 0 Å². The Morgan fingerprint density at radius 1 is 1.06 bits per heavy atom. The highest BCUT2D eigenvalue weighted by Crippen LogP contribution is 2.42. The average molecular weight is 435 g/mol. The van der Waals surface area contributed by atoms with Crippen molar-refractivity contribution in [2.24, 2.45) is 5.73 Å². The van der Waals surface area contributed by atoms with Crippen LogP contribution in [0.25, 0.3) is 0 Å². The van der Waals surface area contributed by atoms with E-state index in [1.807, 2.05) is 0 Å². The van der Waals surface area contributed by atoms with Crippen LogP contribution in [0, 0.1) is 0 Å². The third-order valence-corrected chi connectivity index (χ3v) is 6.13. The van der Waals surface area contributed by atoms with Crippen LogP contribution >= 0.6 is 0 Å². The molecule has 1 atom stereocenters. The molecule has 0 spiro atoms. The van der Waals surface area contributed by atoms with Crippen molar-refractivity contribution in [3.05, 3.63) is 71.3 Å². The quantitative estimate of drug-likeness (QED) is 0.487. The summed E-state index contributed by atoms with van der Waals surface area (Å²) in [5, 5.41) is 0. The standard InChI is InChI=1S/C19H16B3NO7S/c1-27-12-8-9-13(14(10-12)28-2)18(20)16(24)15(17(23)29-18)30-31(25,26)19(21,22)11-6-4-3-5-7-11/h3-10H,23H2,1-2H3/t18-/m0/s1. The smallest absolute Gasteiger partial charge is 0.302 e. The third kappa shape index (κ3) is 3.76. The van der Waals surface area contributed by atoms with E-state index >= 15 is 0 Å². The Bertz CT molecular complexity index is 1150. The molecule has 2 N–H and O–H groups in total. The predicted octanol–water partition coefficient (Wildman–Crippen LogP) is 0.246. The van der Waals surface area contributed by atoms with Crippen molar-refractivity contribution in [2.75, 3.05) is 14.2 Å². The molecule has 0 aromatic heterocycles. The maximum Gasteiger partial charge on any atom is 0.302 e. The first-order chi connectivity index (χ1) is 14.5. The van der Waals surface area contributed by atoms with Crippen molar-refractivity contribution in [3.63, 3.8) is 0 Å². The van der Waals surface area contributed by atoms with Crippen LogP contribution < -0.4 is 15.2 Å². The Labute approximate surface area is 184 Å². The van der Waals surface area contributed by atoms with Gasteiger partial charge in [0.25, 0.3) is 0 Å². The lowest BCUT2D eigenvalue weighted by Crippen LogP contribution is -2.40. The second-order valence-electron chi connectivity index (χ2n) is 6.62. The van der Waals surface area contributed by atoms with Crippen LogP contribution in [0.1, 0.15) is 11.1 Å². The zero-order valence-corrected chi connectivity index (χ0v) is 17.5. The third-order valence-electron chi connectivity index (χ3n) is 4.68. The van der Waals surface area contributed by atoms with Gasteiger partial charge < -0.3 is 24.1 Å². The Kier molecular flexibility index (Phi) is 5.79. The van der Waals surface area contributed by atoms with Crippen LogP contribution in [0.2, 0.25) is 0 Å². The fourth-order valence-electron chi connectivity index (χ4n) is 2.93. The van der Waals surface area contributed by atoms with Gasteiger partial charge in [-0.2, -0.15) is 8.42 Å². The largest absolute Gasteiger partial charge is 0.497 e. The fourth-order valence-corrected chi connectivity index (χ4v) is 3.87. The molecule has 3 rings (SSSR count). The van der Waals surface area contributed by atoms with Crippen LogP contribution in [-0.4, -0.2) is 52.0 Å². The predicted molar refractivity (Wildman–Crippen MR) is 114 cm³/mol. The van der Waals surface area contributed by atoms with Crippen LogP contribution in [0.15, 0.2) is 60.2 Å². The molecule has 0 fully saturated rings. The normalized spacial score (nSPS) is 19.1. The van der Waals surface area contributed by atoms with Gasteiger partial charge in [-0.25, -0.2) is 0 Å². The topological polar surface area (TPSA) is 114 Å². The number of carbonyl (C=O) groups is 1. The second-order valence-corrected chi connectivity index (χ2v) is 8.37. The molecule has 8 nitrogen and oxygen atoms in total. The Morgan fingerprint density at radius 2 is 1.71 bits per heavy atom. The summed E-state index contributed by atoms with van der Waals surface area (Å²) in [6.45, 7) is 0. The van der Waals surface area contributed by atoms with E-state index in [2.05, 4.69) is 0 Å². The van der Waals surface area contributed by atoms with Crippen molar-refractivity contribution in [3.8, 4) is 11.5 Å². The summed E-state index contributed by atoms with van der Waals surface area (Å²) < 4.78 is 43.7. The first-order valence-electron chi connectivity index (χ1n) is 8.80. The molecule has 1 aliphatic heterocycles. The maximum absolute atomic E-state index is 13.1. The van der Waals surface area contributed by atoms with Crippen molar-refractivity contribution in [2.45, 2.75) is 10.0 Å². The molecule has 31 heavy (non-hydrogen) atoms. The van der Waals surface area contributed by atoms with Crippen molar-refractivity contribution in [1.29, 1.82) is 0 Å². The first kappa shape index (κ1) is 22.7. The Balaban J connectivity index is 1.97. The maximum atomic E-state index is 13.1. The lowest BCUT2D eigenvalue weighted by atomic mass is 9.65. The molecule has 0 bridgehead atoms. The molecule has 0 saturated carbocycles. The molecule has 12 heteroatoms. The van der Waals surface area contributed by atoms with Gasteiger partial charge in [0, 0.05) is 11.6 Å². The molecule has 0 amide bonds. The van der Waals surface area contributed by atoms with Crippen LogP contribution in [-0.2, 0) is 33.9 Å². The van der Waals surface area contributed by atoms with E-state index in [0.29, 0.717) is 5.75 Å². The van der Waals surface area contributed by atoms with Crippen molar-refractivity contribution >= 4 is 39.4 Å². The van der Waals surface area contributed by atoms with Crippen LogP contribution in [0.4, 0.5) is 0 Å². The molecule has 154 valence electrons. The molecule has 0 aliphatic carbocycles. The Hall–Kier alpha value is -3.01.